The maximum atomic E-state index is 3.54. The average Bonchev–Trinajstić information content (AvgIpc) is 3.20. The Morgan fingerprint density at radius 2 is 1.58 bits per heavy atom. The molecule has 1 atom stereocenters. The van der Waals surface area contributed by atoms with E-state index in [4.69, 9.17) is 0 Å². The molecule has 4 rings (SSSR count). The zero-order chi connectivity index (χ0) is 14.1. The van der Waals surface area contributed by atoms with Crippen LogP contribution in [0.3, 0.4) is 0 Å². The molecule has 4 heteroatoms. The zero-order valence-corrected chi connectivity index (χ0v) is 17.4. The molecular formula is C20H15F2HfP. The first-order chi connectivity index (χ1) is 10.4. The fourth-order valence-electron chi connectivity index (χ4n) is 2.86. The standard InChI is InChI=1S/C20H15P.2FH.Hf/c1-2-9-17(10-3-1)21(18-11-5-6-12-18)20-15-14-16-8-4-7-13-19(16)20;;;/h1-5,7-11,13-15H,6H2;2*1H;/q-2;;;+4/p-2. The van der Waals surface area contributed by atoms with Gasteiger partial charge in [0, 0.05) is 0 Å². The minimum Gasteiger partial charge on any atom is -1.00 e. The van der Waals surface area contributed by atoms with Crippen LogP contribution in [0.5, 0.6) is 0 Å². The molecule has 0 amide bonds. The van der Waals surface area contributed by atoms with Gasteiger partial charge >= 0.3 is 25.8 Å². The maximum Gasteiger partial charge on any atom is 4.00 e. The van der Waals surface area contributed by atoms with Crippen molar-refractivity contribution in [1.29, 1.82) is 0 Å². The quantitative estimate of drug-likeness (QED) is 0.236. The van der Waals surface area contributed by atoms with E-state index < -0.39 is 7.92 Å². The largest absolute Gasteiger partial charge is 4.00 e. The van der Waals surface area contributed by atoms with Gasteiger partial charge < -0.3 is 9.41 Å². The Bertz CT molecular complexity index is 837. The third-order valence-corrected chi connectivity index (χ3v) is 6.31. The van der Waals surface area contributed by atoms with Crippen LogP contribution in [0.25, 0.3) is 10.8 Å². The van der Waals surface area contributed by atoms with Crippen LogP contribution in [0.2, 0.25) is 0 Å². The van der Waals surface area contributed by atoms with Crippen LogP contribution in [-0.2, 0) is 25.8 Å². The predicted octanol–water partition coefficient (Wildman–Crippen LogP) is -1.36. The molecule has 1 unspecified atom stereocenters. The Morgan fingerprint density at radius 1 is 0.875 bits per heavy atom. The summed E-state index contributed by atoms with van der Waals surface area (Å²) in [5.41, 5.74) is 0. The Morgan fingerprint density at radius 3 is 2.29 bits per heavy atom. The van der Waals surface area contributed by atoms with Crippen LogP contribution in [0.15, 0.2) is 84.2 Å². The molecule has 0 saturated carbocycles. The number of rotatable bonds is 3. The van der Waals surface area contributed by atoms with Crippen molar-refractivity contribution >= 4 is 29.3 Å². The minimum absolute atomic E-state index is 0. The normalized spacial score (nSPS) is 13.4. The number of hydrogen-bond donors (Lipinski definition) is 0. The van der Waals surface area contributed by atoms with E-state index in [1.165, 1.54) is 26.7 Å². The topological polar surface area (TPSA) is 0 Å². The van der Waals surface area contributed by atoms with Crippen molar-refractivity contribution in [3.05, 3.63) is 90.3 Å². The Balaban J connectivity index is 0.000000960. The van der Waals surface area contributed by atoms with Gasteiger partial charge in [0.25, 0.3) is 0 Å². The van der Waals surface area contributed by atoms with Crippen molar-refractivity contribution in [2.45, 2.75) is 6.42 Å². The Kier molecular flexibility index (Phi) is 7.99. The molecule has 0 aromatic heterocycles. The fourth-order valence-corrected chi connectivity index (χ4v) is 5.32. The third kappa shape index (κ3) is 3.84. The smallest absolute Gasteiger partial charge is 1.00 e. The van der Waals surface area contributed by atoms with Crippen molar-refractivity contribution in [2.24, 2.45) is 0 Å². The molecule has 1 aliphatic carbocycles. The summed E-state index contributed by atoms with van der Waals surface area (Å²) in [4.78, 5) is 0. The molecule has 3 aromatic rings. The summed E-state index contributed by atoms with van der Waals surface area (Å²) in [6, 6.07) is 24.1. The van der Waals surface area contributed by atoms with Crippen LogP contribution < -0.4 is 20.0 Å². The van der Waals surface area contributed by atoms with Gasteiger partial charge in [0.15, 0.2) is 0 Å². The molecule has 118 valence electrons. The number of allylic oxidation sites excluding steroid dienone is 4. The molecule has 1 aliphatic rings. The third-order valence-electron chi connectivity index (χ3n) is 3.83. The summed E-state index contributed by atoms with van der Waals surface area (Å²) in [5, 5.41) is 6.91. The number of benzene rings is 2. The number of halogens is 2. The fraction of sp³-hybridized carbons (Fsp3) is 0.0500. The molecule has 0 saturated heterocycles. The van der Waals surface area contributed by atoms with Crippen LogP contribution in [0.1, 0.15) is 6.42 Å². The molecular weight excluding hydrogens is 488 g/mol. The molecule has 0 spiro atoms. The van der Waals surface area contributed by atoms with E-state index in [2.05, 4.69) is 85.0 Å². The van der Waals surface area contributed by atoms with E-state index in [1.54, 1.807) is 0 Å². The number of fused-ring (bicyclic) bond motifs is 1. The van der Waals surface area contributed by atoms with Gasteiger partial charge in [0.1, 0.15) is 0 Å². The van der Waals surface area contributed by atoms with Crippen molar-refractivity contribution in [2.75, 3.05) is 0 Å². The van der Waals surface area contributed by atoms with E-state index in [1.807, 2.05) is 0 Å². The van der Waals surface area contributed by atoms with E-state index in [0.29, 0.717) is 0 Å². The molecule has 0 N–H and O–H groups in total. The molecule has 3 aromatic carbocycles. The molecule has 0 fully saturated rings. The summed E-state index contributed by atoms with van der Waals surface area (Å²) >= 11 is 0. The molecule has 0 heterocycles. The van der Waals surface area contributed by atoms with Crippen LogP contribution >= 0.6 is 7.92 Å². The molecule has 0 nitrogen and oxygen atoms in total. The average molecular weight is 503 g/mol. The monoisotopic (exact) mass is 504 g/mol. The van der Waals surface area contributed by atoms with E-state index in [9.17, 15) is 0 Å². The van der Waals surface area contributed by atoms with Crippen LogP contribution in [0.4, 0.5) is 0 Å². The first-order valence-corrected chi connectivity index (χ1v) is 8.54. The zero-order valence-electron chi connectivity index (χ0n) is 12.9. The maximum absolute atomic E-state index is 3.54. The van der Waals surface area contributed by atoms with E-state index in [0.717, 1.165) is 6.42 Å². The van der Waals surface area contributed by atoms with E-state index in [-0.39, 0.29) is 35.3 Å². The number of hydrogen-bond acceptors (Lipinski definition) is 0. The Labute approximate surface area is 160 Å². The second-order valence-corrected chi connectivity index (χ2v) is 7.30. The molecule has 0 bridgehead atoms. The summed E-state index contributed by atoms with van der Waals surface area (Å²) in [7, 11) is -0.496. The van der Waals surface area contributed by atoms with Gasteiger partial charge in [0.05, 0.1) is 0 Å². The SMILES string of the molecule is [C-]1=C(P(c2ccccc2)[c-]2ccc3ccccc32)C=CC1.[F-].[F-].[Hf+4]. The minimum atomic E-state index is -0.496. The summed E-state index contributed by atoms with van der Waals surface area (Å²) < 4.78 is 0. The van der Waals surface area contributed by atoms with Crippen LogP contribution in [0, 0.1) is 6.08 Å². The van der Waals surface area contributed by atoms with Crippen molar-refractivity contribution in [1.82, 2.24) is 0 Å². The summed E-state index contributed by atoms with van der Waals surface area (Å²) in [6.07, 6.45) is 8.94. The molecule has 0 aliphatic heterocycles. The van der Waals surface area contributed by atoms with Gasteiger partial charge in [-0.1, -0.05) is 44.3 Å². The first-order valence-electron chi connectivity index (χ1n) is 7.20. The van der Waals surface area contributed by atoms with Crippen molar-refractivity contribution in [3.8, 4) is 0 Å². The molecule has 0 radical (unpaired) electrons. The van der Waals surface area contributed by atoms with Gasteiger partial charge in [0.2, 0.25) is 0 Å². The van der Waals surface area contributed by atoms with Crippen molar-refractivity contribution in [3.63, 3.8) is 0 Å². The molecule has 24 heavy (non-hydrogen) atoms. The van der Waals surface area contributed by atoms with Gasteiger partial charge in [-0.2, -0.15) is 17.5 Å². The van der Waals surface area contributed by atoms with E-state index >= 15 is 0 Å². The Hall–Kier alpha value is -1.31. The second-order valence-electron chi connectivity index (χ2n) is 5.15. The second kappa shape index (κ2) is 9.25. The summed E-state index contributed by atoms with van der Waals surface area (Å²) in [5.74, 6) is 0. The predicted molar refractivity (Wildman–Crippen MR) is 92.7 cm³/mol. The van der Waals surface area contributed by atoms with Crippen molar-refractivity contribution < 1.29 is 35.3 Å². The van der Waals surface area contributed by atoms with Gasteiger partial charge in [-0.15, -0.1) is 46.8 Å². The van der Waals surface area contributed by atoms with Gasteiger partial charge in [-0.25, -0.2) is 6.08 Å². The summed E-state index contributed by atoms with van der Waals surface area (Å²) in [6.45, 7) is 0. The van der Waals surface area contributed by atoms with Crippen LogP contribution in [-0.4, -0.2) is 0 Å². The van der Waals surface area contributed by atoms with Gasteiger partial charge in [-0.05, 0) is 5.30 Å². The van der Waals surface area contributed by atoms with Gasteiger partial charge in [-0.3, -0.25) is 6.08 Å². The first kappa shape index (κ1) is 20.7.